The van der Waals surface area contributed by atoms with Gasteiger partial charge in [-0.1, -0.05) is 23.2 Å². The van der Waals surface area contributed by atoms with Gasteiger partial charge >= 0.3 is 12.1 Å². The van der Waals surface area contributed by atoms with Gasteiger partial charge in [0.2, 0.25) is 5.91 Å². The van der Waals surface area contributed by atoms with Crippen LogP contribution in [0, 0.1) is 5.92 Å². The minimum absolute atomic E-state index is 0.119. The van der Waals surface area contributed by atoms with E-state index in [1.807, 2.05) is 4.90 Å². The Labute approximate surface area is 175 Å². The van der Waals surface area contributed by atoms with Crippen molar-refractivity contribution in [2.45, 2.75) is 37.9 Å². The summed E-state index contributed by atoms with van der Waals surface area (Å²) in [7, 11) is 0. The maximum absolute atomic E-state index is 12.3. The molecule has 6 nitrogen and oxygen atoms in total. The number of alkyl halides is 3. The second kappa shape index (κ2) is 9.86. The van der Waals surface area contributed by atoms with E-state index in [2.05, 4.69) is 5.32 Å². The fourth-order valence-electron chi connectivity index (χ4n) is 3.59. The quantitative estimate of drug-likeness (QED) is 0.639. The molecule has 1 aromatic carbocycles. The number of rotatable bonds is 3. The first-order valence-electron chi connectivity index (χ1n) is 9.00. The monoisotopic (exact) mass is 456 g/mol. The van der Waals surface area contributed by atoms with Crippen LogP contribution < -0.4 is 5.32 Å². The number of amides is 1. The summed E-state index contributed by atoms with van der Waals surface area (Å²) in [6.45, 7) is 2.61. The molecule has 1 aromatic rings. The first-order chi connectivity index (χ1) is 13.5. The van der Waals surface area contributed by atoms with Crippen molar-refractivity contribution >= 4 is 35.1 Å². The summed E-state index contributed by atoms with van der Waals surface area (Å²) in [5, 5.41) is 21.6. The van der Waals surface area contributed by atoms with Crippen molar-refractivity contribution in [1.29, 1.82) is 0 Å². The van der Waals surface area contributed by atoms with Gasteiger partial charge in [0.15, 0.2) is 0 Å². The molecule has 2 fully saturated rings. The van der Waals surface area contributed by atoms with E-state index in [-0.39, 0.29) is 17.7 Å². The number of likely N-dealkylation sites (tertiary alicyclic amines) is 1. The fourth-order valence-corrected chi connectivity index (χ4v) is 3.92. The second-order valence-corrected chi connectivity index (χ2v) is 7.67. The van der Waals surface area contributed by atoms with E-state index in [0.29, 0.717) is 22.4 Å². The average molecular weight is 457 g/mol. The van der Waals surface area contributed by atoms with Crippen LogP contribution >= 0.6 is 23.2 Å². The topological polar surface area (TPSA) is 89.9 Å². The van der Waals surface area contributed by atoms with Gasteiger partial charge in [-0.15, -0.1) is 0 Å². The molecule has 0 aromatic heterocycles. The van der Waals surface area contributed by atoms with Gasteiger partial charge in [-0.3, -0.25) is 4.79 Å². The van der Waals surface area contributed by atoms with Gasteiger partial charge in [0.1, 0.15) is 5.75 Å². The van der Waals surface area contributed by atoms with E-state index in [9.17, 15) is 23.1 Å². The van der Waals surface area contributed by atoms with Crippen molar-refractivity contribution in [2.75, 3.05) is 19.6 Å². The van der Waals surface area contributed by atoms with E-state index >= 15 is 0 Å². The lowest BCUT2D eigenvalue weighted by Gasteiger charge is -2.37. The SMILES string of the molecule is O=C(O)C(F)(F)F.O=C1CCCN1C(c1cc(Cl)c(Cl)cc1O)C1CCNCC1. The summed E-state index contributed by atoms with van der Waals surface area (Å²) >= 11 is 12.1. The zero-order valence-electron chi connectivity index (χ0n) is 15.3. The molecule has 1 atom stereocenters. The Morgan fingerprint density at radius 1 is 1.21 bits per heavy atom. The molecule has 0 spiro atoms. The smallest absolute Gasteiger partial charge is 0.490 e. The van der Waals surface area contributed by atoms with E-state index in [1.165, 1.54) is 6.07 Å². The van der Waals surface area contributed by atoms with E-state index in [4.69, 9.17) is 33.1 Å². The van der Waals surface area contributed by atoms with Crippen molar-refractivity contribution in [1.82, 2.24) is 10.2 Å². The molecule has 3 N–H and O–H groups in total. The van der Waals surface area contributed by atoms with Crippen LogP contribution in [0.15, 0.2) is 12.1 Å². The highest BCUT2D eigenvalue weighted by Crippen LogP contribution is 2.42. The lowest BCUT2D eigenvalue weighted by molar-refractivity contribution is -0.192. The zero-order chi connectivity index (χ0) is 21.8. The van der Waals surface area contributed by atoms with Crippen LogP contribution in [0.1, 0.15) is 37.3 Å². The van der Waals surface area contributed by atoms with Crippen LogP contribution in [-0.2, 0) is 9.59 Å². The van der Waals surface area contributed by atoms with Gasteiger partial charge in [-0.25, -0.2) is 4.79 Å². The maximum atomic E-state index is 12.3. The molecule has 0 radical (unpaired) electrons. The van der Waals surface area contributed by atoms with Crippen LogP contribution in [0.2, 0.25) is 10.0 Å². The summed E-state index contributed by atoms with van der Waals surface area (Å²) in [5.41, 5.74) is 0.719. The zero-order valence-corrected chi connectivity index (χ0v) is 16.8. The van der Waals surface area contributed by atoms with Crippen molar-refractivity contribution in [3.05, 3.63) is 27.7 Å². The summed E-state index contributed by atoms with van der Waals surface area (Å²) in [5.74, 6) is -2.15. The first kappa shape index (κ1) is 23.6. The molecule has 2 aliphatic heterocycles. The van der Waals surface area contributed by atoms with Crippen molar-refractivity contribution < 1.29 is 33.0 Å². The Kier molecular flexibility index (Phi) is 8.02. The number of carboxylic acid groups (broad SMARTS) is 1. The summed E-state index contributed by atoms with van der Waals surface area (Å²) in [4.78, 5) is 23.1. The number of phenols is 1. The highest BCUT2D eigenvalue weighted by molar-refractivity contribution is 6.42. The van der Waals surface area contributed by atoms with Gasteiger partial charge in [0.25, 0.3) is 0 Å². The molecule has 3 rings (SSSR count). The number of aromatic hydroxyl groups is 1. The third-order valence-electron chi connectivity index (χ3n) is 4.91. The number of carbonyl (C=O) groups excluding carboxylic acids is 1. The van der Waals surface area contributed by atoms with Gasteiger partial charge in [-0.2, -0.15) is 13.2 Å². The van der Waals surface area contributed by atoms with Gasteiger partial charge in [0.05, 0.1) is 16.1 Å². The van der Waals surface area contributed by atoms with Gasteiger partial charge in [-0.05, 0) is 44.3 Å². The molecule has 11 heteroatoms. The minimum Gasteiger partial charge on any atom is -0.508 e. The molecule has 1 unspecified atom stereocenters. The molecule has 162 valence electrons. The highest BCUT2D eigenvalue weighted by atomic mass is 35.5. The Hall–Kier alpha value is -1.71. The predicted octanol–water partition coefficient (Wildman–Crippen LogP) is 4.00. The lowest BCUT2D eigenvalue weighted by atomic mass is 9.84. The predicted molar refractivity (Wildman–Crippen MR) is 101 cm³/mol. The minimum atomic E-state index is -5.08. The lowest BCUT2D eigenvalue weighted by Crippen LogP contribution is -2.39. The number of aliphatic carboxylic acids is 1. The molecule has 2 aliphatic rings. The maximum Gasteiger partial charge on any atom is 0.490 e. The number of piperidine rings is 1. The Morgan fingerprint density at radius 3 is 2.24 bits per heavy atom. The molecule has 0 saturated carbocycles. The van der Waals surface area contributed by atoms with Crippen LogP contribution in [0.25, 0.3) is 0 Å². The standard InChI is InChI=1S/C16H20Cl2N2O2.C2HF3O2/c17-12-8-11(14(21)9-13(12)18)16(10-3-5-19-6-4-10)20-7-1-2-15(20)22;3-2(4,5)1(6)7/h8-10,16,19,21H,1-7H2;(H,6,7). The van der Waals surface area contributed by atoms with E-state index in [1.54, 1.807) is 6.07 Å². The normalized spacial score (nSPS) is 18.9. The largest absolute Gasteiger partial charge is 0.508 e. The van der Waals surface area contributed by atoms with Crippen LogP contribution in [0.3, 0.4) is 0 Å². The number of hydrogen-bond acceptors (Lipinski definition) is 4. The third kappa shape index (κ3) is 6.13. The molecule has 29 heavy (non-hydrogen) atoms. The van der Waals surface area contributed by atoms with E-state index < -0.39 is 12.1 Å². The summed E-state index contributed by atoms with van der Waals surface area (Å²) < 4.78 is 31.7. The van der Waals surface area contributed by atoms with E-state index in [0.717, 1.165) is 44.5 Å². The number of carboxylic acids is 1. The molecular formula is C18H21Cl2F3N2O4. The molecule has 0 aliphatic carbocycles. The number of halogens is 5. The first-order valence-corrected chi connectivity index (χ1v) is 9.76. The molecule has 1 amide bonds. The second-order valence-electron chi connectivity index (χ2n) is 6.85. The molecular weight excluding hydrogens is 436 g/mol. The Bertz CT molecular complexity index is 755. The highest BCUT2D eigenvalue weighted by Gasteiger charge is 2.38. The average Bonchev–Trinajstić information content (AvgIpc) is 3.06. The number of benzene rings is 1. The Balaban J connectivity index is 0.000000370. The van der Waals surface area contributed by atoms with Crippen molar-refractivity contribution in [3.8, 4) is 5.75 Å². The molecule has 2 saturated heterocycles. The number of phenolic OH excluding ortho intramolecular Hbond substituents is 1. The Morgan fingerprint density at radius 2 is 1.76 bits per heavy atom. The molecule has 0 bridgehead atoms. The molecule has 2 heterocycles. The van der Waals surface area contributed by atoms with Crippen LogP contribution in [0.4, 0.5) is 13.2 Å². The van der Waals surface area contributed by atoms with Gasteiger partial charge in [0, 0.05) is 24.6 Å². The number of nitrogens with zero attached hydrogens (tertiary/aromatic N) is 1. The number of hydrogen-bond donors (Lipinski definition) is 3. The third-order valence-corrected chi connectivity index (χ3v) is 5.63. The summed E-state index contributed by atoms with van der Waals surface area (Å²) in [6.07, 6.45) is -1.66. The fraction of sp³-hybridized carbons (Fsp3) is 0.556. The van der Waals surface area contributed by atoms with Gasteiger partial charge < -0.3 is 20.4 Å². The van der Waals surface area contributed by atoms with Crippen molar-refractivity contribution in [3.63, 3.8) is 0 Å². The number of nitrogens with one attached hydrogen (secondary N) is 1. The van der Waals surface area contributed by atoms with Crippen LogP contribution in [0.5, 0.6) is 5.75 Å². The number of carbonyl (C=O) groups is 2. The van der Waals surface area contributed by atoms with Crippen molar-refractivity contribution in [2.24, 2.45) is 5.92 Å². The van der Waals surface area contributed by atoms with Crippen LogP contribution in [-0.4, -0.2) is 52.8 Å². The summed E-state index contributed by atoms with van der Waals surface area (Å²) in [6, 6.07) is 3.08.